The van der Waals surface area contributed by atoms with E-state index in [1.165, 1.54) is 30.7 Å². The lowest BCUT2D eigenvalue weighted by atomic mass is 9.82. The van der Waals surface area contributed by atoms with Crippen molar-refractivity contribution in [1.29, 1.82) is 0 Å². The molecule has 1 aliphatic rings. The first-order valence-corrected chi connectivity index (χ1v) is 9.77. The summed E-state index contributed by atoms with van der Waals surface area (Å²) < 4.78 is 13.9. The number of nitrogens with zero attached hydrogens (tertiary/aromatic N) is 1. The molecule has 1 aliphatic carbocycles. The van der Waals surface area contributed by atoms with Crippen LogP contribution in [0.25, 0.3) is 10.9 Å². The van der Waals surface area contributed by atoms with Gasteiger partial charge in [-0.1, -0.05) is 49.4 Å². The largest absolute Gasteiger partial charge is 0.346 e. The molecule has 1 saturated carbocycles. The Morgan fingerprint density at radius 3 is 2.64 bits per heavy atom. The monoisotopic (exact) mass is 376 g/mol. The first-order chi connectivity index (χ1) is 13.4. The molecule has 1 atom stereocenters. The number of amides is 1. The van der Waals surface area contributed by atoms with Gasteiger partial charge in [0, 0.05) is 17.1 Å². The number of aromatic nitrogens is 1. The minimum Gasteiger partial charge on any atom is -0.346 e. The Morgan fingerprint density at radius 1 is 1.18 bits per heavy atom. The first-order valence-electron chi connectivity index (χ1n) is 9.77. The molecule has 1 heterocycles. The highest BCUT2D eigenvalue weighted by atomic mass is 19.1. The van der Waals surface area contributed by atoms with Gasteiger partial charge in [0.25, 0.3) is 5.91 Å². The summed E-state index contributed by atoms with van der Waals surface area (Å²) in [6.07, 6.45) is 5.55. The summed E-state index contributed by atoms with van der Waals surface area (Å²) in [6.45, 7) is 4.40. The molecule has 4 heteroatoms. The molecule has 2 aromatic carbocycles. The summed E-state index contributed by atoms with van der Waals surface area (Å²) in [6, 6.07) is 16.7. The third kappa shape index (κ3) is 4.06. The molecule has 0 spiro atoms. The second kappa shape index (κ2) is 7.01. The van der Waals surface area contributed by atoms with Crippen molar-refractivity contribution in [3.05, 3.63) is 77.7 Å². The summed E-state index contributed by atoms with van der Waals surface area (Å²) in [5, 5.41) is 3.89. The van der Waals surface area contributed by atoms with E-state index in [9.17, 15) is 9.18 Å². The van der Waals surface area contributed by atoms with Gasteiger partial charge in [-0.2, -0.15) is 0 Å². The van der Waals surface area contributed by atoms with Crippen LogP contribution in [0.2, 0.25) is 0 Å². The van der Waals surface area contributed by atoms with Crippen molar-refractivity contribution in [1.82, 2.24) is 10.3 Å². The molecule has 28 heavy (non-hydrogen) atoms. The van der Waals surface area contributed by atoms with E-state index in [-0.39, 0.29) is 22.8 Å². The van der Waals surface area contributed by atoms with Gasteiger partial charge >= 0.3 is 0 Å². The molecule has 0 bridgehead atoms. The fourth-order valence-corrected chi connectivity index (χ4v) is 4.12. The number of fused-ring (bicyclic) bond motifs is 1. The predicted octanol–water partition coefficient (Wildman–Crippen LogP) is 5.30. The molecule has 1 unspecified atom stereocenters. The van der Waals surface area contributed by atoms with E-state index in [0.717, 1.165) is 12.8 Å². The zero-order valence-electron chi connectivity index (χ0n) is 16.3. The molecule has 4 rings (SSSR count). The van der Waals surface area contributed by atoms with Crippen molar-refractivity contribution in [3.63, 3.8) is 0 Å². The normalized spacial score (nSPS) is 17.1. The standard InChI is InChI=1S/C24H25FN2O/c1-23(11-12-23)16-24(2,14-17-7-4-3-5-8-17)27-22(28)19-13-18-9-6-10-20(25)21(18)26-15-19/h3-10,13,15H,11-12,14,16H2,1-2H3,(H,27,28). The summed E-state index contributed by atoms with van der Waals surface area (Å²) in [4.78, 5) is 17.2. The number of carbonyl (C=O) groups is 1. The van der Waals surface area contributed by atoms with Crippen LogP contribution < -0.4 is 5.32 Å². The Bertz CT molecular complexity index is 1010. The van der Waals surface area contributed by atoms with Crippen molar-refractivity contribution in [2.24, 2.45) is 5.41 Å². The molecule has 0 aliphatic heterocycles. The number of carbonyl (C=O) groups excluding carboxylic acids is 1. The summed E-state index contributed by atoms with van der Waals surface area (Å²) in [7, 11) is 0. The number of nitrogens with one attached hydrogen (secondary N) is 1. The van der Waals surface area contributed by atoms with Crippen molar-refractivity contribution in [3.8, 4) is 0 Å². The van der Waals surface area contributed by atoms with Gasteiger partial charge in [-0.25, -0.2) is 4.39 Å². The molecule has 3 nitrogen and oxygen atoms in total. The van der Waals surface area contributed by atoms with Crippen LogP contribution in [0, 0.1) is 11.2 Å². The van der Waals surface area contributed by atoms with Crippen LogP contribution in [0.15, 0.2) is 60.8 Å². The number of hydrogen-bond acceptors (Lipinski definition) is 2. The quantitative estimate of drug-likeness (QED) is 0.635. The van der Waals surface area contributed by atoms with Crippen molar-refractivity contribution in [2.75, 3.05) is 0 Å². The average molecular weight is 376 g/mol. The molecular weight excluding hydrogens is 351 g/mol. The van der Waals surface area contributed by atoms with E-state index in [2.05, 4.69) is 36.3 Å². The first kappa shape index (κ1) is 18.6. The van der Waals surface area contributed by atoms with E-state index in [0.29, 0.717) is 16.4 Å². The van der Waals surface area contributed by atoms with Crippen LogP contribution in [-0.4, -0.2) is 16.4 Å². The van der Waals surface area contributed by atoms with Crippen LogP contribution >= 0.6 is 0 Å². The minimum atomic E-state index is -0.375. The number of para-hydroxylation sites is 1. The maximum Gasteiger partial charge on any atom is 0.253 e. The summed E-state index contributed by atoms with van der Waals surface area (Å²) in [5.41, 5.74) is 1.88. The molecule has 1 aromatic heterocycles. The number of benzene rings is 2. The topological polar surface area (TPSA) is 42.0 Å². The summed E-state index contributed by atoms with van der Waals surface area (Å²) >= 11 is 0. The highest BCUT2D eigenvalue weighted by molar-refractivity contribution is 5.97. The van der Waals surface area contributed by atoms with Crippen LogP contribution in [0.3, 0.4) is 0 Å². The molecular formula is C24H25FN2O. The van der Waals surface area contributed by atoms with Crippen molar-refractivity contribution >= 4 is 16.8 Å². The second-order valence-electron chi connectivity index (χ2n) is 8.70. The van der Waals surface area contributed by atoms with Gasteiger partial charge in [0.1, 0.15) is 11.3 Å². The van der Waals surface area contributed by atoms with Crippen molar-refractivity contribution < 1.29 is 9.18 Å². The molecule has 1 N–H and O–H groups in total. The summed E-state index contributed by atoms with van der Waals surface area (Å²) in [5.74, 6) is -0.540. The number of halogens is 1. The van der Waals surface area contributed by atoms with E-state index in [1.807, 2.05) is 18.2 Å². The number of pyridine rings is 1. The Morgan fingerprint density at radius 2 is 1.93 bits per heavy atom. The van der Waals surface area contributed by atoms with E-state index in [4.69, 9.17) is 0 Å². The van der Waals surface area contributed by atoms with E-state index >= 15 is 0 Å². The molecule has 0 radical (unpaired) electrons. The lowest BCUT2D eigenvalue weighted by Crippen LogP contribution is -2.49. The lowest BCUT2D eigenvalue weighted by Gasteiger charge is -2.34. The number of rotatable bonds is 6. The van der Waals surface area contributed by atoms with Gasteiger partial charge in [0.05, 0.1) is 5.56 Å². The second-order valence-corrected chi connectivity index (χ2v) is 8.70. The van der Waals surface area contributed by atoms with E-state index < -0.39 is 0 Å². The third-order valence-corrected chi connectivity index (χ3v) is 5.70. The maximum atomic E-state index is 13.9. The van der Waals surface area contributed by atoms with Gasteiger partial charge in [0.2, 0.25) is 0 Å². The predicted molar refractivity (Wildman–Crippen MR) is 110 cm³/mol. The third-order valence-electron chi connectivity index (χ3n) is 5.70. The molecule has 144 valence electrons. The molecule has 0 saturated heterocycles. The highest BCUT2D eigenvalue weighted by Crippen LogP contribution is 2.51. The van der Waals surface area contributed by atoms with Gasteiger partial charge in [-0.05, 0) is 55.7 Å². The van der Waals surface area contributed by atoms with Crippen molar-refractivity contribution in [2.45, 2.75) is 45.1 Å². The minimum absolute atomic E-state index is 0.165. The highest BCUT2D eigenvalue weighted by Gasteiger charge is 2.44. The fourth-order valence-electron chi connectivity index (χ4n) is 4.12. The Labute approximate surface area is 165 Å². The van der Waals surface area contributed by atoms with Crippen LogP contribution in [0.5, 0.6) is 0 Å². The van der Waals surface area contributed by atoms with Crippen LogP contribution in [0.1, 0.15) is 49.0 Å². The molecule has 3 aromatic rings. The van der Waals surface area contributed by atoms with Gasteiger partial charge < -0.3 is 5.32 Å². The molecule has 1 fully saturated rings. The zero-order chi connectivity index (χ0) is 19.8. The zero-order valence-corrected chi connectivity index (χ0v) is 16.3. The number of hydrogen-bond donors (Lipinski definition) is 1. The van der Waals surface area contributed by atoms with Crippen LogP contribution in [0.4, 0.5) is 4.39 Å². The smallest absolute Gasteiger partial charge is 0.253 e. The lowest BCUT2D eigenvalue weighted by molar-refractivity contribution is 0.0889. The van der Waals surface area contributed by atoms with Crippen LogP contribution in [-0.2, 0) is 6.42 Å². The van der Waals surface area contributed by atoms with Gasteiger partial charge in [-0.15, -0.1) is 0 Å². The Hall–Kier alpha value is -2.75. The fraction of sp³-hybridized carbons (Fsp3) is 0.333. The molecule has 1 amide bonds. The average Bonchev–Trinajstić information content (AvgIpc) is 3.38. The Balaban J connectivity index is 1.59. The van der Waals surface area contributed by atoms with Gasteiger partial charge in [0.15, 0.2) is 0 Å². The van der Waals surface area contributed by atoms with E-state index in [1.54, 1.807) is 18.2 Å². The maximum absolute atomic E-state index is 13.9. The van der Waals surface area contributed by atoms with Gasteiger partial charge in [-0.3, -0.25) is 9.78 Å². The Kier molecular flexibility index (Phi) is 4.66. The SMILES string of the molecule is CC1(CC(C)(Cc2ccccc2)NC(=O)c2cnc3c(F)cccc3c2)CC1.